The summed E-state index contributed by atoms with van der Waals surface area (Å²) >= 11 is 0. The van der Waals surface area contributed by atoms with Crippen LogP contribution in [0.3, 0.4) is 0 Å². The number of rotatable bonds is 4. The van der Waals surface area contributed by atoms with E-state index in [4.69, 9.17) is 0 Å². The summed E-state index contributed by atoms with van der Waals surface area (Å²) in [6.07, 6.45) is 7.95. The number of piperazine rings is 1. The van der Waals surface area contributed by atoms with Gasteiger partial charge >= 0.3 is 0 Å². The second kappa shape index (κ2) is 7.20. The van der Waals surface area contributed by atoms with Crippen molar-refractivity contribution < 1.29 is 13.2 Å². The lowest BCUT2D eigenvalue weighted by Crippen LogP contribution is -2.49. The highest BCUT2D eigenvalue weighted by molar-refractivity contribution is 7.88. The van der Waals surface area contributed by atoms with Crippen molar-refractivity contribution in [2.24, 2.45) is 0 Å². The average Bonchev–Trinajstić information content (AvgIpc) is 3.09. The van der Waals surface area contributed by atoms with E-state index in [1.807, 2.05) is 36.5 Å². The van der Waals surface area contributed by atoms with Crippen LogP contribution < -0.4 is 0 Å². The van der Waals surface area contributed by atoms with Crippen molar-refractivity contribution in [3.8, 4) is 5.69 Å². The average molecular weight is 360 g/mol. The zero-order valence-corrected chi connectivity index (χ0v) is 14.8. The Morgan fingerprint density at radius 2 is 1.80 bits per heavy atom. The van der Waals surface area contributed by atoms with Gasteiger partial charge in [-0.15, -0.1) is 0 Å². The number of carbonyl (C=O) groups is 1. The molecule has 2 aromatic rings. The summed E-state index contributed by atoms with van der Waals surface area (Å²) in [4.78, 5) is 13.9. The smallest absolute Gasteiger partial charge is 0.246 e. The standard InChI is InChI=1S/C17H20N4O3S/c1-25(23,24)20-11-9-19(10-12-20)17(22)8-7-15-13-18-21(14-15)16-5-3-2-4-6-16/h2-8,13-14H,9-12H2,1H3/b8-7+. The molecule has 1 saturated heterocycles. The molecule has 3 rings (SSSR count). The van der Waals surface area contributed by atoms with Gasteiger partial charge in [0.2, 0.25) is 15.9 Å². The summed E-state index contributed by atoms with van der Waals surface area (Å²) < 4.78 is 26.1. The quantitative estimate of drug-likeness (QED) is 0.762. The van der Waals surface area contributed by atoms with Gasteiger partial charge in [0.25, 0.3) is 0 Å². The van der Waals surface area contributed by atoms with Crippen molar-refractivity contribution in [3.63, 3.8) is 0 Å². The topological polar surface area (TPSA) is 75.5 Å². The fraction of sp³-hybridized carbons (Fsp3) is 0.294. The van der Waals surface area contributed by atoms with Crippen molar-refractivity contribution in [2.45, 2.75) is 0 Å². The van der Waals surface area contributed by atoms with Crippen molar-refractivity contribution in [1.29, 1.82) is 0 Å². The third kappa shape index (κ3) is 4.34. The summed E-state index contributed by atoms with van der Waals surface area (Å²) in [7, 11) is -3.19. The number of carbonyl (C=O) groups excluding carboxylic acids is 1. The zero-order valence-electron chi connectivity index (χ0n) is 13.9. The van der Waals surface area contributed by atoms with Crippen LogP contribution in [-0.4, -0.2) is 65.7 Å². The molecule has 0 atom stereocenters. The van der Waals surface area contributed by atoms with E-state index < -0.39 is 10.0 Å². The summed E-state index contributed by atoms with van der Waals surface area (Å²) in [5.74, 6) is -0.124. The lowest BCUT2D eigenvalue weighted by molar-refractivity contribution is -0.127. The molecular formula is C17H20N4O3S. The molecule has 132 valence electrons. The Morgan fingerprint density at radius 1 is 1.12 bits per heavy atom. The van der Waals surface area contributed by atoms with Gasteiger partial charge in [-0.2, -0.15) is 9.40 Å². The molecule has 0 spiro atoms. The molecule has 1 fully saturated rings. The van der Waals surface area contributed by atoms with Crippen LogP contribution >= 0.6 is 0 Å². The van der Waals surface area contributed by atoms with Crippen LogP contribution in [0.15, 0.2) is 48.8 Å². The molecule has 0 saturated carbocycles. The lowest BCUT2D eigenvalue weighted by atomic mass is 10.3. The van der Waals surface area contributed by atoms with E-state index in [1.54, 1.807) is 21.9 Å². The first-order valence-corrected chi connectivity index (χ1v) is 9.80. The molecule has 0 N–H and O–H groups in total. The molecule has 0 aliphatic carbocycles. The molecule has 1 amide bonds. The largest absolute Gasteiger partial charge is 0.337 e. The number of sulfonamides is 1. The maximum Gasteiger partial charge on any atom is 0.246 e. The number of amides is 1. The molecule has 8 heteroatoms. The molecule has 1 aliphatic heterocycles. The first kappa shape index (κ1) is 17.4. The van der Waals surface area contributed by atoms with Crippen LogP contribution in [0.4, 0.5) is 0 Å². The number of hydrogen-bond acceptors (Lipinski definition) is 4. The van der Waals surface area contributed by atoms with Gasteiger partial charge in [-0.3, -0.25) is 4.79 Å². The summed E-state index contributed by atoms with van der Waals surface area (Å²) in [5, 5.41) is 4.28. The highest BCUT2D eigenvalue weighted by Crippen LogP contribution is 2.10. The zero-order chi connectivity index (χ0) is 17.9. The summed E-state index contributed by atoms with van der Waals surface area (Å²) in [6.45, 7) is 1.48. The van der Waals surface area contributed by atoms with E-state index in [9.17, 15) is 13.2 Å². The van der Waals surface area contributed by atoms with E-state index >= 15 is 0 Å². The van der Waals surface area contributed by atoms with Crippen LogP contribution in [0.2, 0.25) is 0 Å². The molecular weight excluding hydrogens is 340 g/mol. The van der Waals surface area contributed by atoms with Crippen LogP contribution in [0.1, 0.15) is 5.56 Å². The summed E-state index contributed by atoms with van der Waals surface area (Å²) in [6, 6.07) is 9.72. The van der Waals surface area contributed by atoms with Gasteiger partial charge in [0.1, 0.15) is 0 Å². The molecule has 1 aromatic heterocycles. The number of hydrogen-bond donors (Lipinski definition) is 0. The predicted molar refractivity (Wildman–Crippen MR) is 95.6 cm³/mol. The van der Waals surface area contributed by atoms with E-state index in [2.05, 4.69) is 5.10 Å². The highest BCUT2D eigenvalue weighted by Gasteiger charge is 2.24. The SMILES string of the molecule is CS(=O)(=O)N1CCN(C(=O)/C=C/c2cnn(-c3ccccc3)c2)CC1. The molecule has 25 heavy (non-hydrogen) atoms. The van der Waals surface area contributed by atoms with Crippen LogP contribution in [0.5, 0.6) is 0 Å². The fourth-order valence-corrected chi connectivity index (χ4v) is 3.48. The minimum atomic E-state index is -3.19. The van der Waals surface area contributed by atoms with Gasteiger partial charge in [-0.25, -0.2) is 13.1 Å². The maximum absolute atomic E-state index is 12.2. The van der Waals surface area contributed by atoms with Gasteiger partial charge in [-0.1, -0.05) is 18.2 Å². The van der Waals surface area contributed by atoms with Gasteiger partial charge < -0.3 is 4.90 Å². The van der Waals surface area contributed by atoms with E-state index in [0.29, 0.717) is 26.2 Å². The maximum atomic E-state index is 12.2. The van der Waals surface area contributed by atoms with E-state index in [-0.39, 0.29) is 5.91 Å². The number of aromatic nitrogens is 2. The van der Waals surface area contributed by atoms with Gasteiger partial charge in [0.05, 0.1) is 18.1 Å². The molecule has 1 aromatic carbocycles. The molecule has 0 bridgehead atoms. The lowest BCUT2D eigenvalue weighted by Gasteiger charge is -2.32. The second-order valence-corrected chi connectivity index (χ2v) is 7.86. The van der Waals surface area contributed by atoms with Gasteiger partial charge in [-0.05, 0) is 18.2 Å². The first-order valence-electron chi connectivity index (χ1n) is 7.96. The minimum absolute atomic E-state index is 0.124. The Morgan fingerprint density at radius 3 is 2.44 bits per heavy atom. The van der Waals surface area contributed by atoms with Crippen molar-refractivity contribution in [2.75, 3.05) is 32.4 Å². The Labute approximate surface area is 147 Å². The molecule has 7 nitrogen and oxygen atoms in total. The van der Waals surface area contributed by atoms with E-state index in [0.717, 1.165) is 11.3 Å². The normalized spacial score (nSPS) is 16.4. The monoisotopic (exact) mass is 360 g/mol. The Balaban J connectivity index is 1.60. The first-order chi connectivity index (χ1) is 11.9. The van der Waals surface area contributed by atoms with Gasteiger partial charge in [0, 0.05) is 44.0 Å². The van der Waals surface area contributed by atoms with Crippen LogP contribution in [-0.2, 0) is 14.8 Å². The third-order valence-electron chi connectivity index (χ3n) is 4.06. The van der Waals surface area contributed by atoms with Crippen LogP contribution in [0.25, 0.3) is 11.8 Å². The Bertz CT molecular complexity index is 866. The Kier molecular flexibility index (Phi) is 5.00. The van der Waals surface area contributed by atoms with E-state index in [1.165, 1.54) is 16.6 Å². The molecule has 2 heterocycles. The van der Waals surface area contributed by atoms with Crippen molar-refractivity contribution in [3.05, 3.63) is 54.4 Å². The fourth-order valence-electron chi connectivity index (χ4n) is 2.66. The summed E-state index contributed by atoms with van der Waals surface area (Å²) in [5.41, 5.74) is 1.78. The number of benzene rings is 1. The van der Waals surface area contributed by atoms with Gasteiger partial charge in [0.15, 0.2) is 0 Å². The number of para-hydroxylation sites is 1. The van der Waals surface area contributed by atoms with Crippen LogP contribution in [0, 0.1) is 0 Å². The minimum Gasteiger partial charge on any atom is -0.337 e. The highest BCUT2D eigenvalue weighted by atomic mass is 32.2. The van der Waals surface area contributed by atoms with Crippen molar-refractivity contribution >= 4 is 22.0 Å². The number of nitrogens with zero attached hydrogens (tertiary/aromatic N) is 4. The molecule has 1 aliphatic rings. The third-order valence-corrected chi connectivity index (χ3v) is 5.36. The second-order valence-electron chi connectivity index (χ2n) is 5.87. The predicted octanol–water partition coefficient (Wildman–Crippen LogP) is 0.989. The van der Waals surface area contributed by atoms with Crippen molar-refractivity contribution in [1.82, 2.24) is 19.0 Å². The molecule has 0 radical (unpaired) electrons. The Hall–Kier alpha value is -2.45. The molecule has 0 unspecified atom stereocenters.